The fraction of sp³-hybridized carbons (Fsp3) is 0.318. The van der Waals surface area contributed by atoms with Crippen molar-refractivity contribution in [2.45, 2.75) is 13.8 Å². The number of benzene rings is 2. The number of hydrogen-bond donors (Lipinski definition) is 1. The molecule has 26 heavy (non-hydrogen) atoms. The summed E-state index contributed by atoms with van der Waals surface area (Å²) in [5, 5.41) is 4.77. The maximum absolute atomic E-state index is 5.26. The molecule has 0 bridgehead atoms. The number of fused-ring (bicyclic) bond motifs is 1. The molecule has 0 spiro atoms. The van der Waals surface area contributed by atoms with Crippen molar-refractivity contribution in [2.24, 2.45) is 0 Å². The highest BCUT2D eigenvalue weighted by Crippen LogP contribution is 2.29. The molecule has 0 radical (unpaired) electrons. The summed E-state index contributed by atoms with van der Waals surface area (Å²) in [7, 11) is 1.68. The van der Waals surface area contributed by atoms with Crippen LogP contribution in [-0.2, 0) is 0 Å². The number of aromatic nitrogens is 1. The molecule has 0 amide bonds. The Morgan fingerprint density at radius 1 is 1.00 bits per heavy atom. The van der Waals surface area contributed by atoms with E-state index < -0.39 is 0 Å². The van der Waals surface area contributed by atoms with Gasteiger partial charge < -0.3 is 15.0 Å². The molecule has 2 aromatic carbocycles. The van der Waals surface area contributed by atoms with Crippen LogP contribution < -0.4 is 10.1 Å². The molecule has 0 aliphatic heterocycles. The minimum absolute atomic E-state index is 0.854. The number of rotatable bonds is 8. The molecule has 1 heterocycles. The molecule has 4 nitrogen and oxygen atoms in total. The third-order valence-electron chi connectivity index (χ3n) is 4.74. The van der Waals surface area contributed by atoms with Crippen LogP contribution in [-0.4, -0.2) is 43.2 Å². The van der Waals surface area contributed by atoms with Gasteiger partial charge in [-0.1, -0.05) is 32.0 Å². The lowest BCUT2D eigenvalue weighted by atomic mass is 10.1. The number of nitrogens with zero attached hydrogens (tertiary/aromatic N) is 2. The van der Waals surface area contributed by atoms with Crippen molar-refractivity contribution in [1.29, 1.82) is 0 Å². The summed E-state index contributed by atoms with van der Waals surface area (Å²) in [5.41, 5.74) is 4.19. The maximum atomic E-state index is 5.26. The van der Waals surface area contributed by atoms with E-state index in [-0.39, 0.29) is 0 Å². The van der Waals surface area contributed by atoms with Gasteiger partial charge in [-0.05, 0) is 49.5 Å². The number of pyridine rings is 1. The van der Waals surface area contributed by atoms with E-state index in [2.05, 4.69) is 60.5 Å². The summed E-state index contributed by atoms with van der Waals surface area (Å²) in [6, 6.07) is 18.5. The van der Waals surface area contributed by atoms with E-state index in [1.165, 1.54) is 0 Å². The van der Waals surface area contributed by atoms with Gasteiger partial charge in [-0.25, -0.2) is 4.98 Å². The summed E-state index contributed by atoms with van der Waals surface area (Å²) in [6.07, 6.45) is 0. The molecule has 3 rings (SSSR count). The molecule has 0 aliphatic carbocycles. The van der Waals surface area contributed by atoms with Gasteiger partial charge in [0.1, 0.15) is 5.75 Å². The summed E-state index contributed by atoms with van der Waals surface area (Å²) < 4.78 is 5.26. The van der Waals surface area contributed by atoms with Gasteiger partial charge in [-0.3, -0.25) is 0 Å². The molecular formula is C22H27N3O. The van der Waals surface area contributed by atoms with Gasteiger partial charge in [0.15, 0.2) is 0 Å². The highest BCUT2D eigenvalue weighted by atomic mass is 16.5. The minimum atomic E-state index is 0.854. The van der Waals surface area contributed by atoms with Crippen LogP contribution in [0.5, 0.6) is 5.75 Å². The average Bonchev–Trinajstić information content (AvgIpc) is 2.71. The van der Waals surface area contributed by atoms with Crippen molar-refractivity contribution in [3.8, 4) is 17.0 Å². The zero-order chi connectivity index (χ0) is 18.4. The first kappa shape index (κ1) is 18.2. The highest BCUT2D eigenvalue weighted by molar-refractivity contribution is 5.93. The standard InChI is InChI=1S/C22H27N3O/c1-4-25(5-2)15-14-23-22-16-21(17-10-12-18(26-3)13-11-17)24-20-9-7-6-8-19(20)22/h6-13,16H,4-5,14-15H2,1-3H3,(H,23,24). The molecule has 3 aromatic rings. The number of anilines is 1. The molecule has 0 unspecified atom stereocenters. The quantitative estimate of drug-likeness (QED) is 0.641. The Hall–Kier alpha value is -2.59. The van der Waals surface area contributed by atoms with Crippen LogP contribution in [0.25, 0.3) is 22.2 Å². The van der Waals surface area contributed by atoms with Crippen molar-refractivity contribution in [2.75, 3.05) is 38.6 Å². The van der Waals surface area contributed by atoms with Crippen LogP contribution in [0.4, 0.5) is 5.69 Å². The van der Waals surface area contributed by atoms with Gasteiger partial charge in [-0.15, -0.1) is 0 Å². The Kier molecular flexibility index (Phi) is 6.08. The van der Waals surface area contributed by atoms with Gasteiger partial charge >= 0.3 is 0 Å². The maximum Gasteiger partial charge on any atom is 0.118 e. The van der Waals surface area contributed by atoms with Crippen molar-refractivity contribution in [1.82, 2.24) is 9.88 Å². The van der Waals surface area contributed by atoms with E-state index in [9.17, 15) is 0 Å². The predicted molar refractivity (Wildman–Crippen MR) is 110 cm³/mol. The van der Waals surface area contributed by atoms with Crippen LogP contribution in [0.3, 0.4) is 0 Å². The predicted octanol–water partition coefficient (Wildman–Crippen LogP) is 4.66. The Bertz CT molecular complexity index is 842. The topological polar surface area (TPSA) is 37.4 Å². The second-order valence-corrected chi connectivity index (χ2v) is 6.25. The molecule has 1 N–H and O–H groups in total. The molecule has 0 atom stereocenters. The van der Waals surface area contributed by atoms with Crippen LogP contribution >= 0.6 is 0 Å². The number of para-hydroxylation sites is 1. The molecule has 4 heteroatoms. The number of hydrogen-bond acceptors (Lipinski definition) is 4. The van der Waals surface area contributed by atoms with Gasteiger partial charge in [0.05, 0.1) is 18.3 Å². The third-order valence-corrected chi connectivity index (χ3v) is 4.74. The van der Waals surface area contributed by atoms with Gasteiger partial charge in [0, 0.05) is 29.7 Å². The Balaban J connectivity index is 1.90. The fourth-order valence-corrected chi connectivity index (χ4v) is 3.12. The number of nitrogens with one attached hydrogen (secondary N) is 1. The number of ether oxygens (including phenoxy) is 1. The first-order chi connectivity index (χ1) is 12.7. The largest absolute Gasteiger partial charge is 0.497 e. The van der Waals surface area contributed by atoms with Gasteiger partial charge in [0.25, 0.3) is 0 Å². The van der Waals surface area contributed by atoms with Crippen LogP contribution in [0.15, 0.2) is 54.6 Å². The number of likely N-dealkylation sites (N-methyl/N-ethyl adjacent to an activating group) is 1. The van der Waals surface area contributed by atoms with E-state index >= 15 is 0 Å². The Morgan fingerprint density at radius 3 is 2.42 bits per heavy atom. The molecule has 0 saturated carbocycles. The second-order valence-electron chi connectivity index (χ2n) is 6.25. The molecule has 136 valence electrons. The Morgan fingerprint density at radius 2 is 1.73 bits per heavy atom. The van der Waals surface area contributed by atoms with Crippen LogP contribution in [0.2, 0.25) is 0 Å². The fourth-order valence-electron chi connectivity index (χ4n) is 3.12. The minimum Gasteiger partial charge on any atom is -0.497 e. The summed E-state index contributed by atoms with van der Waals surface area (Å²) in [5.74, 6) is 0.854. The van der Waals surface area contributed by atoms with E-state index in [4.69, 9.17) is 9.72 Å². The third kappa shape index (κ3) is 4.14. The van der Waals surface area contributed by atoms with Crippen molar-refractivity contribution in [3.63, 3.8) is 0 Å². The molecule has 0 saturated heterocycles. The SMILES string of the molecule is CCN(CC)CCNc1cc(-c2ccc(OC)cc2)nc2ccccc12. The summed E-state index contributed by atoms with van der Waals surface area (Å²) in [4.78, 5) is 7.26. The van der Waals surface area contributed by atoms with E-state index in [1.807, 2.05) is 18.2 Å². The molecule has 0 aliphatic rings. The lowest BCUT2D eigenvalue weighted by Crippen LogP contribution is -2.28. The first-order valence-corrected chi connectivity index (χ1v) is 9.25. The highest BCUT2D eigenvalue weighted by Gasteiger charge is 2.08. The van der Waals surface area contributed by atoms with Crippen LogP contribution in [0.1, 0.15) is 13.8 Å². The first-order valence-electron chi connectivity index (χ1n) is 9.25. The van der Waals surface area contributed by atoms with Gasteiger partial charge in [0.2, 0.25) is 0 Å². The van der Waals surface area contributed by atoms with Crippen molar-refractivity contribution in [3.05, 3.63) is 54.6 Å². The second kappa shape index (κ2) is 8.68. The van der Waals surface area contributed by atoms with E-state index in [0.29, 0.717) is 0 Å². The lowest BCUT2D eigenvalue weighted by molar-refractivity contribution is 0.316. The Labute approximate surface area is 155 Å². The van der Waals surface area contributed by atoms with Crippen molar-refractivity contribution < 1.29 is 4.74 Å². The van der Waals surface area contributed by atoms with Gasteiger partial charge in [-0.2, -0.15) is 0 Å². The molecular weight excluding hydrogens is 322 g/mol. The summed E-state index contributed by atoms with van der Waals surface area (Å²) in [6.45, 7) is 8.50. The zero-order valence-electron chi connectivity index (χ0n) is 15.8. The number of methoxy groups -OCH3 is 1. The molecule has 0 fully saturated rings. The normalized spacial score (nSPS) is 11.1. The summed E-state index contributed by atoms with van der Waals surface area (Å²) >= 11 is 0. The lowest BCUT2D eigenvalue weighted by Gasteiger charge is -2.19. The van der Waals surface area contributed by atoms with E-state index in [0.717, 1.165) is 59.8 Å². The zero-order valence-corrected chi connectivity index (χ0v) is 15.8. The monoisotopic (exact) mass is 349 g/mol. The van der Waals surface area contributed by atoms with Crippen LogP contribution in [0, 0.1) is 0 Å². The molecule has 1 aromatic heterocycles. The van der Waals surface area contributed by atoms with E-state index in [1.54, 1.807) is 7.11 Å². The average molecular weight is 349 g/mol. The van der Waals surface area contributed by atoms with Crippen molar-refractivity contribution >= 4 is 16.6 Å². The smallest absolute Gasteiger partial charge is 0.118 e.